The van der Waals surface area contributed by atoms with E-state index in [4.69, 9.17) is 9.29 Å². The Kier molecular flexibility index (Phi) is 6.21. The van der Waals surface area contributed by atoms with E-state index in [0.717, 1.165) is 23.2 Å². The largest absolute Gasteiger partial charge is 0.489 e. The molecule has 3 aromatic rings. The number of piperidine rings is 3. The first-order valence-electron chi connectivity index (χ1n) is 11.5. The highest BCUT2D eigenvalue weighted by molar-refractivity contribution is 7.92. The van der Waals surface area contributed by atoms with E-state index in [1.165, 1.54) is 38.1 Å². The van der Waals surface area contributed by atoms with Gasteiger partial charge in [-0.3, -0.25) is 9.45 Å². The lowest BCUT2D eigenvalue weighted by atomic mass is 9.86. The van der Waals surface area contributed by atoms with Crippen molar-refractivity contribution in [2.75, 3.05) is 19.6 Å². The van der Waals surface area contributed by atoms with Gasteiger partial charge in [0.05, 0.1) is 14.7 Å². The van der Waals surface area contributed by atoms with Crippen molar-refractivity contribution in [1.29, 1.82) is 0 Å². The molecular weight excluding hydrogens is 486 g/mol. The third kappa shape index (κ3) is 4.73. The number of sulfone groups is 1. The van der Waals surface area contributed by atoms with E-state index in [1.807, 2.05) is 31.2 Å². The Balaban J connectivity index is 0.000000195. The molecule has 0 aromatic heterocycles. The number of hydrogen-bond acceptors (Lipinski definition) is 6. The highest BCUT2D eigenvalue weighted by Gasteiger charge is 2.37. The van der Waals surface area contributed by atoms with Crippen LogP contribution in [0, 0.1) is 12.8 Å². The molecule has 0 saturated carbocycles. The zero-order valence-corrected chi connectivity index (χ0v) is 20.9. The van der Waals surface area contributed by atoms with Crippen molar-refractivity contribution in [2.24, 2.45) is 5.92 Å². The van der Waals surface area contributed by atoms with Gasteiger partial charge in [-0.25, -0.2) is 8.42 Å². The first-order chi connectivity index (χ1) is 16.6. The second-order valence-corrected chi connectivity index (χ2v) is 12.5. The van der Waals surface area contributed by atoms with Crippen LogP contribution in [0.15, 0.2) is 81.4 Å². The molecule has 7 rings (SSSR count). The third-order valence-electron chi connectivity index (χ3n) is 6.91. The molecule has 0 radical (unpaired) electrons. The maximum atomic E-state index is 12.8. The second-order valence-electron chi connectivity index (χ2n) is 9.24. The Morgan fingerprint density at radius 2 is 1.57 bits per heavy atom. The second kappa shape index (κ2) is 9.05. The molecule has 2 bridgehead atoms. The Labute approximate surface area is 206 Å². The van der Waals surface area contributed by atoms with Gasteiger partial charge in [-0.05, 0) is 75.2 Å². The van der Waals surface area contributed by atoms with Gasteiger partial charge in [0.15, 0.2) is 0 Å². The summed E-state index contributed by atoms with van der Waals surface area (Å²) in [5.41, 5.74) is 2.53. The fourth-order valence-electron chi connectivity index (χ4n) is 4.99. The standard InChI is InChI=1S/C19H19NO3S.C7H8O3S/c21-24(22)18-4-2-1-3-15(18)16-6-5-14(11-19(16)24)23-17-12-20-9-7-13(17)8-10-20;1-6-2-4-7(5-3-6)11(8,9)10/h1-6,11,13,17H,7-10,12H2;2-5H,1H3,(H,8,9,10)/t17-;/m1./s1. The first kappa shape index (κ1) is 24.0. The van der Waals surface area contributed by atoms with E-state index in [9.17, 15) is 16.8 Å². The quantitative estimate of drug-likeness (QED) is 0.410. The number of nitrogens with zero attached hydrogens (tertiary/aromatic N) is 1. The van der Waals surface area contributed by atoms with Gasteiger partial charge in [0.2, 0.25) is 9.84 Å². The Morgan fingerprint density at radius 3 is 2.20 bits per heavy atom. The van der Waals surface area contributed by atoms with Crippen molar-refractivity contribution in [2.45, 2.75) is 40.6 Å². The minimum Gasteiger partial charge on any atom is -0.489 e. The van der Waals surface area contributed by atoms with Crippen LogP contribution < -0.4 is 4.74 Å². The topological polar surface area (TPSA) is 101 Å². The average Bonchev–Trinajstić information content (AvgIpc) is 3.07. The summed E-state index contributed by atoms with van der Waals surface area (Å²) in [4.78, 5) is 3.15. The lowest BCUT2D eigenvalue weighted by molar-refractivity contribution is -0.00785. The van der Waals surface area contributed by atoms with E-state index in [0.29, 0.717) is 21.5 Å². The number of ether oxygens (including phenoxy) is 1. The van der Waals surface area contributed by atoms with Gasteiger partial charge in [0, 0.05) is 17.7 Å². The average molecular weight is 514 g/mol. The van der Waals surface area contributed by atoms with E-state index in [2.05, 4.69) is 4.90 Å². The van der Waals surface area contributed by atoms with Crippen LogP contribution in [-0.2, 0) is 20.0 Å². The predicted octanol–water partition coefficient (Wildman–Crippen LogP) is 4.21. The number of fused-ring (bicyclic) bond motifs is 6. The molecule has 0 spiro atoms. The lowest BCUT2D eigenvalue weighted by Crippen LogP contribution is -2.52. The van der Waals surface area contributed by atoms with Crippen LogP contribution in [0.4, 0.5) is 0 Å². The van der Waals surface area contributed by atoms with Crippen LogP contribution in [0.25, 0.3) is 11.1 Å². The van der Waals surface area contributed by atoms with Crippen LogP contribution in [0.5, 0.6) is 5.75 Å². The molecular formula is C26H27NO6S2. The van der Waals surface area contributed by atoms with Gasteiger partial charge in [-0.2, -0.15) is 8.42 Å². The molecule has 0 aliphatic carbocycles. The Bertz CT molecular complexity index is 1460. The Hall–Kier alpha value is -2.72. The first-order valence-corrected chi connectivity index (χ1v) is 14.5. The summed E-state index contributed by atoms with van der Waals surface area (Å²) < 4.78 is 61.3. The van der Waals surface area contributed by atoms with Crippen molar-refractivity contribution in [3.8, 4) is 16.9 Å². The zero-order chi connectivity index (χ0) is 24.8. The van der Waals surface area contributed by atoms with Crippen LogP contribution in [0.3, 0.4) is 0 Å². The maximum Gasteiger partial charge on any atom is 0.294 e. The molecule has 4 aliphatic rings. The van der Waals surface area contributed by atoms with Gasteiger partial charge in [-0.15, -0.1) is 0 Å². The monoisotopic (exact) mass is 513 g/mol. The Morgan fingerprint density at radius 1 is 0.914 bits per heavy atom. The summed E-state index contributed by atoms with van der Waals surface area (Å²) >= 11 is 0. The van der Waals surface area contributed by atoms with Gasteiger partial charge < -0.3 is 4.74 Å². The van der Waals surface area contributed by atoms with Crippen LogP contribution in [-0.4, -0.2) is 52.0 Å². The molecule has 1 atom stereocenters. The van der Waals surface area contributed by atoms with E-state index in [-0.39, 0.29) is 11.0 Å². The molecule has 3 aromatic carbocycles. The van der Waals surface area contributed by atoms with Crippen molar-refractivity contribution < 1.29 is 26.1 Å². The van der Waals surface area contributed by atoms with Crippen LogP contribution in [0.1, 0.15) is 18.4 Å². The number of benzene rings is 3. The van der Waals surface area contributed by atoms with E-state index in [1.54, 1.807) is 30.3 Å². The lowest BCUT2D eigenvalue weighted by Gasteiger charge is -2.44. The third-order valence-corrected chi connectivity index (χ3v) is 9.63. The molecule has 3 saturated heterocycles. The minimum absolute atomic E-state index is 0.0666. The molecule has 35 heavy (non-hydrogen) atoms. The van der Waals surface area contributed by atoms with Crippen molar-refractivity contribution in [3.63, 3.8) is 0 Å². The summed E-state index contributed by atoms with van der Waals surface area (Å²) in [5.74, 6) is 1.26. The number of aryl methyl sites for hydroxylation is 1. The van der Waals surface area contributed by atoms with Gasteiger partial charge >= 0.3 is 0 Å². The highest BCUT2D eigenvalue weighted by atomic mass is 32.2. The van der Waals surface area contributed by atoms with Crippen molar-refractivity contribution >= 4 is 20.0 Å². The normalized spacial score (nSPS) is 23.5. The highest BCUT2D eigenvalue weighted by Crippen LogP contribution is 2.44. The van der Waals surface area contributed by atoms with E-state index < -0.39 is 20.0 Å². The molecule has 184 valence electrons. The summed E-state index contributed by atoms with van der Waals surface area (Å²) in [6, 6.07) is 18.7. The van der Waals surface area contributed by atoms with Gasteiger partial charge in [-0.1, -0.05) is 35.9 Å². The van der Waals surface area contributed by atoms with Gasteiger partial charge in [0.25, 0.3) is 10.1 Å². The molecule has 3 fully saturated rings. The molecule has 1 N–H and O–H groups in total. The molecule has 0 amide bonds. The summed E-state index contributed by atoms with van der Waals surface area (Å²) in [5, 5.41) is 0. The minimum atomic E-state index is -4.02. The summed E-state index contributed by atoms with van der Waals surface area (Å²) in [6.07, 6.45) is 2.54. The fraction of sp³-hybridized carbons (Fsp3) is 0.308. The molecule has 9 heteroatoms. The van der Waals surface area contributed by atoms with Gasteiger partial charge in [0.1, 0.15) is 11.9 Å². The molecule has 0 unspecified atom stereocenters. The zero-order valence-electron chi connectivity index (χ0n) is 19.3. The number of hydrogen-bond donors (Lipinski definition) is 1. The van der Waals surface area contributed by atoms with E-state index >= 15 is 0 Å². The fourth-order valence-corrected chi connectivity index (χ4v) is 7.17. The molecule has 4 aliphatic heterocycles. The van der Waals surface area contributed by atoms with Crippen LogP contribution in [0.2, 0.25) is 0 Å². The maximum absolute atomic E-state index is 12.8. The molecule has 4 heterocycles. The summed E-state index contributed by atoms with van der Waals surface area (Å²) in [7, 11) is -7.45. The van der Waals surface area contributed by atoms with Crippen molar-refractivity contribution in [1.82, 2.24) is 4.90 Å². The van der Waals surface area contributed by atoms with Crippen molar-refractivity contribution in [3.05, 3.63) is 72.3 Å². The SMILES string of the molecule is Cc1ccc(S(=O)(=O)O)cc1.O=S1(=O)c2ccccc2-c2ccc(O[C@@H]3CN4CCC3CC4)cc21. The van der Waals surface area contributed by atoms with Crippen LogP contribution >= 0.6 is 0 Å². The molecule has 7 nitrogen and oxygen atoms in total. The predicted molar refractivity (Wildman–Crippen MR) is 132 cm³/mol. The number of rotatable bonds is 3. The summed E-state index contributed by atoms with van der Waals surface area (Å²) in [6.45, 7) is 5.12. The smallest absolute Gasteiger partial charge is 0.294 e.